The van der Waals surface area contributed by atoms with Gasteiger partial charge in [-0.1, -0.05) is 25.5 Å². The summed E-state index contributed by atoms with van der Waals surface area (Å²) in [6, 6.07) is 11.1. The van der Waals surface area contributed by atoms with Gasteiger partial charge in [-0.15, -0.1) is 15.3 Å². The van der Waals surface area contributed by atoms with Crippen LogP contribution in [0.3, 0.4) is 0 Å². The minimum absolute atomic E-state index is 0.0444. The predicted molar refractivity (Wildman–Crippen MR) is 101 cm³/mol. The normalized spacial score (nSPS) is 10.7. The smallest absolute Gasteiger partial charge is 0.231 e. The van der Waals surface area contributed by atoms with Gasteiger partial charge in [-0.05, 0) is 24.6 Å². The average Bonchev–Trinajstić information content (AvgIpc) is 3.13. The second kappa shape index (κ2) is 8.98. The van der Waals surface area contributed by atoms with E-state index in [0.717, 1.165) is 24.2 Å². The lowest BCUT2D eigenvalue weighted by Crippen LogP contribution is -2.27. The van der Waals surface area contributed by atoms with Crippen molar-refractivity contribution in [2.45, 2.75) is 26.2 Å². The van der Waals surface area contributed by atoms with E-state index in [0.29, 0.717) is 36.9 Å². The quantitative estimate of drug-likeness (QED) is 0.583. The highest BCUT2D eigenvalue weighted by atomic mass is 16.5. The van der Waals surface area contributed by atoms with E-state index < -0.39 is 0 Å². The van der Waals surface area contributed by atoms with Gasteiger partial charge in [0.25, 0.3) is 0 Å². The number of nitrogens with one attached hydrogen (secondary N) is 1. The molecule has 0 aliphatic heterocycles. The number of carbonyl (C=O) groups is 1. The number of hydrogen-bond donors (Lipinski definition) is 1. The average molecular weight is 369 g/mol. The van der Waals surface area contributed by atoms with Gasteiger partial charge in [0.2, 0.25) is 11.8 Å². The van der Waals surface area contributed by atoms with E-state index in [1.54, 1.807) is 23.8 Å². The predicted octanol–water partition coefficient (Wildman–Crippen LogP) is 2.49. The van der Waals surface area contributed by atoms with Crippen molar-refractivity contribution in [1.82, 2.24) is 25.1 Å². The zero-order valence-corrected chi connectivity index (χ0v) is 15.5. The molecule has 3 aromatic rings. The van der Waals surface area contributed by atoms with Crippen molar-refractivity contribution in [2.75, 3.05) is 20.3 Å². The second-order valence-electron chi connectivity index (χ2n) is 6.00. The largest absolute Gasteiger partial charge is 0.497 e. The molecular weight excluding hydrogens is 346 g/mol. The van der Waals surface area contributed by atoms with Gasteiger partial charge >= 0.3 is 0 Å². The molecule has 1 N–H and O–H groups in total. The summed E-state index contributed by atoms with van der Waals surface area (Å²) >= 11 is 0. The van der Waals surface area contributed by atoms with E-state index in [1.165, 1.54) is 0 Å². The third-order valence-electron chi connectivity index (χ3n) is 4.00. The Morgan fingerprint density at radius 3 is 2.93 bits per heavy atom. The summed E-state index contributed by atoms with van der Waals surface area (Å²) in [5.74, 6) is 1.81. The third-order valence-corrected chi connectivity index (χ3v) is 4.00. The molecule has 1 aromatic carbocycles. The highest BCUT2D eigenvalue weighted by Gasteiger charge is 2.11. The van der Waals surface area contributed by atoms with E-state index in [2.05, 4.69) is 27.5 Å². The summed E-state index contributed by atoms with van der Waals surface area (Å²) in [7, 11) is 1.62. The molecule has 0 unspecified atom stereocenters. The zero-order chi connectivity index (χ0) is 19.1. The van der Waals surface area contributed by atoms with Crippen molar-refractivity contribution < 1.29 is 14.3 Å². The number of methoxy groups -OCH3 is 1. The number of ether oxygens (including phenoxy) is 2. The standard InChI is InChI=1S/C19H23N5O3/c1-3-4-8-17(25)20-11-12-27-18-10-9-16-21-22-19(24(16)23-18)14-6-5-7-15(13-14)26-2/h5-7,9-10,13H,3-4,8,11-12H2,1-2H3,(H,20,25). The lowest BCUT2D eigenvalue weighted by Gasteiger charge is -2.08. The molecule has 0 radical (unpaired) electrons. The summed E-state index contributed by atoms with van der Waals surface area (Å²) in [5, 5.41) is 15.6. The summed E-state index contributed by atoms with van der Waals surface area (Å²) < 4.78 is 12.5. The number of hydrogen-bond acceptors (Lipinski definition) is 6. The Morgan fingerprint density at radius 2 is 2.11 bits per heavy atom. The van der Waals surface area contributed by atoms with Crippen LogP contribution in [0.15, 0.2) is 36.4 Å². The van der Waals surface area contributed by atoms with Gasteiger partial charge in [0.05, 0.1) is 13.7 Å². The number of carbonyl (C=O) groups excluding carboxylic acids is 1. The molecular formula is C19H23N5O3. The lowest BCUT2D eigenvalue weighted by molar-refractivity contribution is -0.121. The molecule has 0 aliphatic carbocycles. The zero-order valence-electron chi connectivity index (χ0n) is 15.5. The highest BCUT2D eigenvalue weighted by molar-refractivity contribution is 5.75. The Kier molecular flexibility index (Phi) is 6.19. The Hall–Kier alpha value is -3.16. The lowest BCUT2D eigenvalue weighted by atomic mass is 10.2. The van der Waals surface area contributed by atoms with E-state index in [9.17, 15) is 4.79 Å². The Morgan fingerprint density at radius 1 is 1.22 bits per heavy atom. The monoisotopic (exact) mass is 369 g/mol. The van der Waals surface area contributed by atoms with Gasteiger partial charge in [-0.3, -0.25) is 4.79 Å². The van der Waals surface area contributed by atoms with E-state index >= 15 is 0 Å². The molecule has 0 atom stereocenters. The molecule has 0 bridgehead atoms. The van der Waals surface area contributed by atoms with Gasteiger partial charge in [-0.25, -0.2) is 0 Å². The molecule has 0 saturated carbocycles. The maximum atomic E-state index is 11.6. The Labute approximate surface area is 157 Å². The van der Waals surface area contributed by atoms with Crippen LogP contribution in [0, 0.1) is 0 Å². The number of benzene rings is 1. The van der Waals surface area contributed by atoms with Crippen molar-refractivity contribution in [3.63, 3.8) is 0 Å². The van der Waals surface area contributed by atoms with Crippen LogP contribution in [0.25, 0.3) is 17.0 Å². The van der Waals surface area contributed by atoms with Crippen LogP contribution in [0.1, 0.15) is 26.2 Å². The number of rotatable bonds is 9. The Balaban J connectivity index is 1.67. The van der Waals surface area contributed by atoms with Gasteiger partial charge in [0, 0.05) is 18.1 Å². The van der Waals surface area contributed by atoms with Gasteiger partial charge in [0.1, 0.15) is 12.4 Å². The topological polar surface area (TPSA) is 90.6 Å². The van der Waals surface area contributed by atoms with Crippen molar-refractivity contribution in [1.29, 1.82) is 0 Å². The van der Waals surface area contributed by atoms with Crippen molar-refractivity contribution in [2.24, 2.45) is 0 Å². The van der Waals surface area contributed by atoms with E-state index in [1.807, 2.05) is 24.3 Å². The fourth-order valence-corrected chi connectivity index (χ4v) is 2.56. The number of amides is 1. The van der Waals surface area contributed by atoms with Crippen LogP contribution in [0.2, 0.25) is 0 Å². The molecule has 0 aliphatic rings. The molecule has 2 aromatic heterocycles. The molecule has 27 heavy (non-hydrogen) atoms. The van der Waals surface area contributed by atoms with E-state index in [-0.39, 0.29) is 5.91 Å². The van der Waals surface area contributed by atoms with Crippen LogP contribution < -0.4 is 14.8 Å². The van der Waals surface area contributed by atoms with Crippen molar-refractivity contribution >= 4 is 11.6 Å². The first kappa shape index (κ1) is 18.6. The van der Waals surface area contributed by atoms with Crippen LogP contribution >= 0.6 is 0 Å². The fraction of sp³-hybridized carbons (Fsp3) is 0.368. The van der Waals surface area contributed by atoms with Crippen molar-refractivity contribution in [3.05, 3.63) is 36.4 Å². The number of aromatic nitrogens is 4. The van der Waals surface area contributed by atoms with Gasteiger partial charge in [-0.2, -0.15) is 4.52 Å². The maximum absolute atomic E-state index is 11.6. The van der Waals surface area contributed by atoms with Crippen LogP contribution in [0.5, 0.6) is 11.6 Å². The molecule has 0 saturated heterocycles. The fourth-order valence-electron chi connectivity index (χ4n) is 2.56. The molecule has 8 nitrogen and oxygen atoms in total. The second-order valence-corrected chi connectivity index (χ2v) is 6.00. The molecule has 0 fully saturated rings. The number of nitrogens with zero attached hydrogens (tertiary/aromatic N) is 4. The first-order valence-electron chi connectivity index (χ1n) is 8.97. The van der Waals surface area contributed by atoms with Crippen LogP contribution in [0.4, 0.5) is 0 Å². The minimum atomic E-state index is 0.0444. The van der Waals surface area contributed by atoms with E-state index in [4.69, 9.17) is 9.47 Å². The summed E-state index contributed by atoms with van der Waals surface area (Å²) in [6.07, 6.45) is 2.44. The number of fused-ring (bicyclic) bond motifs is 1. The molecule has 0 spiro atoms. The van der Waals surface area contributed by atoms with Gasteiger partial charge < -0.3 is 14.8 Å². The molecule has 8 heteroatoms. The first-order chi connectivity index (χ1) is 13.2. The third kappa shape index (κ3) is 4.72. The van der Waals surface area contributed by atoms with Crippen molar-refractivity contribution in [3.8, 4) is 23.0 Å². The summed E-state index contributed by atoms with van der Waals surface area (Å²) in [4.78, 5) is 11.6. The minimum Gasteiger partial charge on any atom is -0.497 e. The van der Waals surface area contributed by atoms with Crippen LogP contribution in [-0.2, 0) is 4.79 Å². The molecule has 1 amide bonds. The molecule has 2 heterocycles. The molecule has 142 valence electrons. The molecule has 3 rings (SSSR count). The Bertz CT molecular complexity index is 909. The van der Waals surface area contributed by atoms with Crippen LogP contribution in [-0.4, -0.2) is 46.0 Å². The summed E-state index contributed by atoms with van der Waals surface area (Å²) in [6.45, 7) is 2.84. The number of unbranched alkanes of at least 4 members (excludes halogenated alkanes) is 1. The maximum Gasteiger partial charge on any atom is 0.231 e. The van der Waals surface area contributed by atoms with Gasteiger partial charge in [0.15, 0.2) is 11.5 Å². The highest BCUT2D eigenvalue weighted by Crippen LogP contribution is 2.23. The summed E-state index contributed by atoms with van der Waals surface area (Å²) in [5.41, 5.74) is 1.46. The SMILES string of the molecule is CCCCC(=O)NCCOc1ccc2nnc(-c3cccc(OC)c3)n2n1. The first-order valence-corrected chi connectivity index (χ1v) is 8.97.